The molecule has 0 amide bonds. The molecule has 1 aliphatic rings. The van der Waals surface area contributed by atoms with Crippen molar-refractivity contribution in [1.29, 1.82) is 0 Å². The number of carbonyl (C=O) groups is 1. The number of carbonyl (C=O) groups excluding carboxylic acids is 1. The second-order valence-corrected chi connectivity index (χ2v) is 5.53. The molecule has 3 unspecified atom stereocenters. The highest BCUT2D eigenvalue weighted by Gasteiger charge is 2.41. The smallest absolute Gasteiger partial charge is 0.322 e. The van der Waals surface area contributed by atoms with Crippen LogP contribution in [0.3, 0.4) is 0 Å². The zero-order valence-corrected chi connectivity index (χ0v) is 9.91. The summed E-state index contributed by atoms with van der Waals surface area (Å²) in [7, 11) is 0. The van der Waals surface area contributed by atoms with Gasteiger partial charge in [-0.15, -0.1) is 11.8 Å². The van der Waals surface area contributed by atoms with Crippen LogP contribution in [0.15, 0.2) is 0 Å². The third kappa shape index (κ3) is 2.12. The molecule has 1 rings (SSSR count). The molecule has 0 spiro atoms. The summed E-state index contributed by atoms with van der Waals surface area (Å²) in [6.45, 7) is 2.04. The van der Waals surface area contributed by atoms with Crippen LogP contribution in [0, 0.1) is 0 Å². The number of cyclic esters (lactones) is 1. The van der Waals surface area contributed by atoms with Gasteiger partial charge in [-0.2, -0.15) is 0 Å². The second-order valence-electron chi connectivity index (χ2n) is 2.11. The van der Waals surface area contributed by atoms with Crippen LogP contribution in [0.1, 0.15) is 6.92 Å². The molecule has 3 atom stereocenters. The number of halogens is 2. The van der Waals surface area contributed by atoms with E-state index in [1.165, 1.54) is 0 Å². The zero-order valence-electron chi connectivity index (χ0n) is 5.92. The molecule has 1 aliphatic heterocycles. The minimum absolute atomic E-state index is 0.0307. The first-order valence-corrected chi connectivity index (χ1v) is 6.15. The van der Waals surface area contributed by atoms with Gasteiger partial charge in [-0.1, -0.05) is 38.8 Å². The summed E-state index contributed by atoms with van der Waals surface area (Å²) in [6.07, 6.45) is 0. The Morgan fingerprint density at radius 3 is 2.64 bits per heavy atom. The van der Waals surface area contributed by atoms with Gasteiger partial charge in [0.2, 0.25) is 0 Å². The fourth-order valence-electron chi connectivity index (χ4n) is 0.803. The molecule has 0 aromatic rings. The Labute approximate surface area is 86.7 Å². The minimum Gasteiger partial charge on any atom is -0.449 e. The van der Waals surface area contributed by atoms with Crippen molar-refractivity contribution in [2.24, 2.45) is 0 Å². The van der Waals surface area contributed by atoms with E-state index in [1.54, 1.807) is 11.8 Å². The number of hydrogen-bond donors (Lipinski definition) is 0. The quantitative estimate of drug-likeness (QED) is 0.577. The maximum atomic E-state index is 11.0. The molecule has 0 saturated carbocycles. The number of thioether (sulfide) groups is 1. The molecule has 0 aliphatic carbocycles. The Bertz CT molecular complexity index is 165. The van der Waals surface area contributed by atoms with Gasteiger partial charge in [0, 0.05) is 0 Å². The van der Waals surface area contributed by atoms with Crippen molar-refractivity contribution in [3.05, 3.63) is 0 Å². The van der Waals surface area contributed by atoms with Crippen molar-refractivity contribution in [1.82, 2.24) is 0 Å². The van der Waals surface area contributed by atoms with Crippen molar-refractivity contribution in [3.8, 4) is 0 Å². The molecule has 1 heterocycles. The highest BCUT2D eigenvalue weighted by atomic mass is 79.9. The Kier molecular flexibility index (Phi) is 3.71. The average molecular weight is 304 g/mol. The van der Waals surface area contributed by atoms with E-state index in [2.05, 4.69) is 31.9 Å². The van der Waals surface area contributed by atoms with Crippen LogP contribution >= 0.6 is 43.6 Å². The van der Waals surface area contributed by atoms with Crippen molar-refractivity contribution < 1.29 is 9.53 Å². The van der Waals surface area contributed by atoms with Crippen LogP contribution in [0.5, 0.6) is 0 Å². The molecule has 1 fully saturated rings. The van der Waals surface area contributed by atoms with Crippen molar-refractivity contribution in [2.75, 3.05) is 5.75 Å². The van der Waals surface area contributed by atoms with E-state index >= 15 is 0 Å². The van der Waals surface area contributed by atoms with Crippen LogP contribution in [0.2, 0.25) is 0 Å². The summed E-state index contributed by atoms with van der Waals surface area (Å²) in [5.74, 6) is 0.789. The maximum Gasteiger partial charge on any atom is 0.322 e. The summed E-state index contributed by atoms with van der Waals surface area (Å²) in [6, 6.07) is 0. The largest absolute Gasteiger partial charge is 0.449 e. The van der Waals surface area contributed by atoms with E-state index in [1.807, 2.05) is 6.92 Å². The Morgan fingerprint density at radius 1 is 1.64 bits per heavy atom. The van der Waals surface area contributed by atoms with Gasteiger partial charge in [-0.3, -0.25) is 4.79 Å². The Morgan fingerprint density at radius 2 is 2.27 bits per heavy atom. The molecular formula is C6H8Br2O2S. The van der Waals surface area contributed by atoms with Gasteiger partial charge in [-0.25, -0.2) is 0 Å². The first-order chi connectivity index (χ1) is 5.16. The Balaban J connectivity index is 2.52. The van der Waals surface area contributed by atoms with Crippen molar-refractivity contribution in [3.63, 3.8) is 0 Å². The fourth-order valence-corrected chi connectivity index (χ4v) is 3.00. The van der Waals surface area contributed by atoms with E-state index in [9.17, 15) is 4.79 Å². The van der Waals surface area contributed by atoms with Gasteiger partial charge in [0.15, 0.2) is 5.44 Å². The van der Waals surface area contributed by atoms with Crippen LogP contribution in [0.4, 0.5) is 0 Å². The normalized spacial score (nSPS) is 37.4. The minimum atomic E-state index is -0.188. The first kappa shape index (κ1) is 9.86. The summed E-state index contributed by atoms with van der Waals surface area (Å²) in [5, 5.41) is 0. The molecule has 0 radical (unpaired) electrons. The van der Waals surface area contributed by atoms with Gasteiger partial charge in [0.1, 0.15) is 4.83 Å². The number of ether oxygens (including phenoxy) is 1. The lowest BCUT2D eigenvalue weighted by molar-refractivity contribution is -0.138. The van der Waals surface area contributed by atoms with Crippen LogP contribution < -0.4 is 0 Å². The van der Waals surface area contributed by atoms with Gasteiger partial charge in [-0.05, 0) is 5.75 Å². The molecule has 1 saturated heterocycles. The predicted octanol–water partition coefficient (Wildman–Crippen LogP) is 2.15. The SMILES string of the molecule is CCSC1OC(=O)C(Br)C1Br. The summed E-state index contributed by atoms with van der Waals surface area (Å²) in [4.78, 5) is 10.9. The average Bonchev–Trinajstić information content (AvgIpc) is 2.19. The molecule has 64 valence electrons. The van der Waals surface area contributed by atoms with Crippen LogP contribution in [-0.2, 0) is 9.53 Å². The monoisotopic (exact) mass is 302 g/mol. The lowest BCUT2D eigenvalue weighted by Crippen LogP contribution is -2.18. The third-order valence-corrected chi connectivity index (χ3v) is 5.39. The summed E-state index contributed by atoms with van der Waals surface area (Å²) < 4.78 is 5.06. The highest BCUT2D eigenvalue weighted by Crippen LogP contribution is 2.34. The maximum absolute atomic E-state index is 11.0. The number of rotatable bonds is 2. The van der Waals surface area contributed by atoms with E-state index in [0.29, 0.717) is 0 Å². The number of esters is 1. The summed E-state index contributed by atoms with van der Waals surface area (Å²) in [5.41, 5.74) is -0.0307. The molecule has 11 heavy (non-hydrogen) atoms. The van der Waals surface area contributed by atoms with E-state index in [4.69, 9.17) is 4.74 Å². The molecule has 5 heteroatoms. The highest BCUT2D eigenvalue weighted by molar-refractivity contribution is 9.12. The predicted molar refractivity (Wildman–Crippen MR) is 53.4 cm³/mol. The fraction of sp³-hybridized carbons (Fsp3) is 0.833. The topological polar surface area (TPSA) is 26.3 Å². The van der Waals surface area contributed by atoms with Crippen molar-refractivity contribution >= 4 is 49.6 Å². The Hall–Kier alpha value is 0.780. The molecule has 0 aromatic carbocycles. The lowest BCUT2D eigenvalue weighted by Gasteiger charge is -2.10. The van der Waals surface area contributed by atoms with Gasteiger partial charge in [0.25, 0.3) is 0 Å². The number of hydrogen-bond acceptors (Lipinski definition) is 3. The van der Waals surface area contributed by atoms with Gasteiger partial charge in [0.05, 0.1) is 4.83 Å². The van der Waals surface area contributed by atoms with E-state index < -0.39 is 0 Å². The standard InChI is InChI=1S/C6H8Br2O2S/c1-2-11-6-4(8)3(7)5(9)10-6/h3-4,6H,2H2,1H3. The lowest BCUT2D eigenvalue weighted by atomic mass is 10.4. The summed E-state index contributed by atoms with van der Waals surface area (Å²) >= 11 is 8.28. The first-order valence-electron chi connectivity index (χ1n) is 3.27. The van der Waals surface area contributed by atoms with E-state index in [-0.39, 0.29) is 21.1 Å². The van der Waals surface area contributed by atoms with Gasteiger partial charge < -0.3 is 4.74 Å². The molecule has 2 nitrogen and oxygen atoms in total. The van der Waals surface area contributed by atoms with Crippen LogP contribution in [-0.4, -0.2) is 26.8 Å². The van der Waals surface area contributed by atoms with E-state index in [0.717, 1.165) is 5.75 Å². The molecule has 0 bridgehead atoms. The molecular weight excluding hydrogens is 296 g/mol. The van der Waals surface area contributed by atoms with Crippen LogP contribution in [0.25, 0.3) is 0 Å². The molecule has 0 N–H and O–H groups in total. The van der Waals surface area contributed by atoms with Gasteiger partial charge >= 0.3 is 5.97 Å². The zero-order chi connectivity index (χ0) is 8.43. The number of alkyl halides is 2. The molecule has 0 aromatic heterocycles. The second kappa shape index (κ2) is 4.14. The third-order valence-electron chi connectivity index (χ3n) is 1.33. The van der Waals surface area contributed by atoms with Crippen molar-refractivity contribution in [2.45, 2.75) is 22.0 Å².